The van der Waals surface area contributed by atoms with Crippen LogP contribution in [0.15, 0.2) is 48.9 Å². The number of hydrogen-bond donors (Lipinski definition) is 0. The first-order valence-electron chi connectivity index (χ1n) is 7.61. The molecular formula is C17H20N4O. The third kappa shape index (κ3) is 3.14. The monoisotopic (exact) mass is 296 g/mol. The Bertz CT molecular complexity index is 611. The van der Waals surface area contributed by atoms with Crippen molar-refractivity contribution in [3.05, 3.63) is 60.2 Å². The molecule has 1 fully saturated rings. The van der Waals surface area contributed by atoms with Crippen molar-refractivity contribution in [2.24, 2.45) is 0 Å². The summed E-state index contributed by atoms with van der Waals surface area (Å²) >= 11 is 0. The molecule has 2 aromatic heterocycles. The van der Waals surface area contributed by atoms with E-state index in [1.165, 1.54) is 5.56 Å². The predicted molar refractivity (Wildman–Crippen MR) is 84.2 cm³/mol. The van der Waals surface area contributed by atoms with Crippen LogP contribution >= 0.6 is 0 Å². The molecule has 0 atom stereocenters. The molecule has 5 heteroatoms. The van der Waals surface area contributed by atoms with Crippen LogP contribution in [0.4, 0.5) is 0 Å². The highest BCUT2D eigenvalue weighted by atomic mass is 16.2. The summed E-state index contributed by atoms with van der Waals surface area (Å²) < 4.78 is 0. The van der Waals surface area contributed by atoms with E-state index >= 15 is 0 Å². The molecule has 3 heterocycles. The van der Waals surface area contributed by atoms with Crippen molar-refractivity contribution in [3.8, 4) is 0 Å². The van der Waals surface area contributed by atoms with Crippen LogP contribution in [0.5, 0.6) is 0 Å². The maximum atomic E-state index is 12.3. The fraction of sp³-hybridized carbons (Fsp3) is 0.353. The molecule has 1 amide bonds. The number of rotatable bonds is 5. The molecule has 2 aromatic rings. The molecular weight excluding hydrogens is 276 g/mol. The Kier molecular flexibility index (Phi) is 4.44. The Morgan fingerprint density at radius 2 is 2.00 bits per heavy atom. The summed E-state index contributed by atoms with van der Waals surface area (Å²) in [4.78, 5) is 24.7. The Morgan fingerprint density at radius 1 is 1.23 bits per heavy atom. The Hall–Kier alpha value is -2.27. The molecule has 5 nitrogen and oxygen atoms in total. The lowest BCUT2D eigenvalue weighted by molar-refractivity contribution is 0.0249. The lowest BCUT2D eigenvalue weighted by Crippen LogP contribution is -2.60. The second-order valence-electron chi connectivity index (χ2n) is 5.50. The highest BCUT2D eigenvalue weighted by Gasteiger charge is 2.34. The van der Waals surface area contributed by atoms with Gasteiger partial charge in [-0.15, -0.1) is 0 Å². The average molecular weight is 296 g/mol. The zero-order valence-corrected chi connectivity index (χ0v) is 12.7. The molecule has 0 saturated carbocycles. The van der Waals surface area contributed by atoms with Crippen molar-refractivity contribution in [3.63, 3.8) is 0 Å². The Morgan fingerprint density at radius 3 is 2.64 bits per heavy atom. The zero-order valence-electron chi connectivity index (χ0n) is 12.7. The predicted octanol–water partition coefficient (Wildman–Crippen LogP) is 1.82. The lowest BCUT2D eigenvalue weighted by atomic mass is 10.1. The Labute approximate surface area is 130 Å². The summed E-state index contributed by atoms with van der Waals surface area (Å²) in [5, 5.41) is 0. The van der Waals surface area contributed by atoms with E-state index in [0.717, 1.165) is 26.2 Å². The summed E-state index contributed by atoms with van der Waals surface area (Å²) in [6, 6.07) is 9.94. The van der Waals surface area contributed by atoms with Crippen LogP contribution in [0.25, 0.3) is 0 Å². The van der Waals surface area contributed by atoms with E-state index in [0.29, 0.717) is 11.7 Å². The quantitative estimate of drug-likeness (QED) is 0.844. The molecule has 0 unspecified atom stereocenters. The second-order valence-corrected chi connectivity index (χ2v) is 5.50. The molecule has 0 spiro atoms. The molecule has 0 radical (unpaired) electrons. The van der Waals surface area contributed by atoms with Gasteiger partial charge in [-0.05, 0) is 36.4 Å². The van der Waals surface area contributed by atoms with E-state index in [4.69, 9.17) is 0 Å². The van der Waals surface area contributed by atoms with Gasteiger partial charge in [0.15, 0.2) is 0 Å². The van der Waals surface area contributed by atoms with Crippen LogP contribution in [0.3, 0.4) is 0 Å². The van der Waals surface area contributed by atoms with E-state index in [1.54, 1.807) is 12.3 Å². The fourth-order valence-electron chi connectivity index (χ4n) is 2.73. The van der Waals surface area contributed by atoms with Gasteiger partial charge in [-0.2, -0.15) is 0 Å². The number of aromatic nitrogens is 2. The molecule has 0 bridgehead atoms. The average Bonchev–Trinajstić information content (AvgIpc) is 2.54. The number of likely N-dealkylation sites (N-methyl/N-ethyl adjacent to an activating group) is 1. The van der Waals surface area contributed by atoms with Crippen molar-refractivity contribution in [2.75, 3.05) is 19.6 Å². The van der Waals surface area contributed by atoms with Crippen LogP contribution in [0, 0.1) is 0 Å². The number of likely N-dealkylation sites (tertiary alicyclic amines) is 1. The normalized spacial score (nSPS) is 14.9. The van der Waals surface area contributed by atoms with Gasteiger partial charge in [-0.3, -0.25) is 19.7 Å². The first-order valence-corrected chi connectivity index (χ1v) is 7.61. The van der Waals surface area contributed by atoms with Crippen molar-refractivity contribution in [1.29, 1.82) is 0 Å². The van der Waals surface area contributed by atoms with Gasteiger partial charge in [0.25, 0.3) is 5.91 Å². The minimum atomic E-state index is 0.0248. The summed E-state index contributed by atoms with van der Waals surface area (Å²) in [5.41, 5.74) is 1.78. The number of pyridine rings is 2. The SMILES string of the molecule is CCN(Cc1ccncc1)C1CN(C(=O)c2ccccn2)C1. The number of nitrogens with zero attached hydrogens (tertiary/aromatic N) is 4. The standard InChI is InChI=1S/C17H20N4O/c1-2-20(11-14-6-9-18-10-7-14)15-12-21(13-15)17(22)16-5-3-4-8-19-16/h3-10,15H,2,11-13H2,1H3. The topological polar surface area (TPSA) is 49.3 Å². The van der Waals surface area contributed by atoms with Gasteiger partial charge in [0.1, 0.15) is 5.69 Å². The van der Waals surface area contributed by atoms with Gasteiger partial charge < -0.3 is 4.90 Å². The molecule has 3 rings (SSSR count). The summed E-state index contributed by atoms with van der Waals surface area (Å²) in [5.74, 6) is 0.0248. The number of carbonyl (C=O) groups is 1. The van der Waals surface area contributed by atoms with Gasteiger partial charge >= 0.3 is 0 Å². The Balaban J connectivity index is 1.56. The lowest BCUT2D eigenvalue weighted by Gasteiger charge is -2.45. The molecule has 22 heavy (non-hydrogen) atoms. The smallest absolute Gasteiger partial charge is 0.272 e. The highest BCUT2D eigenvalue weighted by Crippen LogP contribution is 2.19. The summed E-state index contributed by atoms with van der Waals surface area (Å²) in [6.07, 6.45) is 5.30. The second kappa shape index (κ2) is 6.66. The van der Waals surface area contributed by atoms with Crippen LogP contribution in [-0.2, 0) is 6.54 Å². The minimum absolute atomic E-state index is 0.0248. The third-order valence-corrected chi connectivity index (χ3v) is 4.09. The van der Waals surface area contributed by atoms with Crippen molar-refractivity contribution < 1.29 is 4.79 Å². The maximum absolute atomic E-state index is 12.3. The van der Waals surface area contributed by atoms with Crippen molar-refractivity contribution in [2.45, 2.75) is 19.5 Å². The van der Waals surface area contributed by atoms with E-state index in [1.807, 2.05) is 41.6 Å². The summed E-state index contributed by atoms with van der Waals surface area (Å²) in [6.45, 7) is 5.57. The number of hydrogen-bond acceptors (Lipinski definition) is 4. The summed E-state index contributed by atoms with van der Waals surface area (Å²) in [7, 11) is 0. The fourth-order valence-corrected chi connectivity index (χ4v) is 2.73. The van der Waals surface area contributed by atoms with Crippen LogP contribution < -0.4 is 0 Å². The molecule has 1 saturated heterocycles. The van der Waals surface area contributed by atoms with Gasteiger partial charge in [0, 0.05) is 44.3 Å². The number of carbonyl (C=O) groups excluding carboxylic acids is 1. The number of amides is 1. The largest absolute Gasteiger partial charge is 0.334 e. The first-order chi connectivity index (χ1) is 10.8. The molecule has 1 aliphatic heterocycles. The molecule has 0 N–H and O–H groups in total. The van der Waals surface area contributed by atoms with Gasteiger partial charge in [-0.25, -0.2) is 0 Å². The highest BCUT2D eigenvalue weighted by molar-refractivity contribution is 5.92. The van der Waals surface area contributed by atoms with Crippen LogP contribution in [0.2, 0.25) is 0 Å². The molecule has 0 aromatic carbocycles. The van der Waals surface area contributed by atoms with Gasteiger partial charge in [0.2, 0.25) is 0 Å². The first kappa shape index (κ1) is 14.7. The van der Waals surface area contributed by atoms with E-state index in [-0.39, 0.29) is 5.91 Å². The molecule has 0 aliphatic carbocycles. The van der Waals surface area contributed by atoms with Crippen molar-refractivity contribution in [1.82, 2.24) is 19.8 Å². The van der Waals surface area contributed by atoms with Crippen molar-refractivity contribution >= 4 is 5.91 Å². The van der Waals surface area contributed by atoms with E-state index < -0.39 is 0 Å². The van der Waals surface area contributed by atoms with Gasteiger partial charge in [0.05, 0.1) is 0 Å². The third-order valence-electron chi connectivity index (χ3n) is 4.09. The van der Waals surface area contributed by atoms with Crippen LogP contribution in [-0.4, -0.2) is 51.4 Å². The molecule has 114 valence electrons. The van der Waals surface area contributed by atoms with Crippen LogP contribution in [0.1, 0.15) is 23.0 Å². The zero-order chi connectivity index (χ0) is 15.4. The maximum Gasteiger partial charge on any atom is 0.272 e. The molecule has 1 aliphatic rings. The van der Waals surface area contributed by atoms with E-state index in [2.05, 4.69) is 21.8 Å². The van der Waals surface area contributed by atoms with Gasteiger partial charge in [-0.1, -0.05) is 13.0 Å². The van der Waals surface area contributed by atoms with E-state index in [9.17, 15) is 4.79 Å². The minimum Gasteiger partial charge on any atom is -0.334 e.